The number of thiophene rings is 3. The zero-order chi connectivity index (χ0) is 14.4. The van der Waals surface area contributed by atoms with Crippen LogP contribution in [0.3, 0.4) is 0 Å². The topological polar surface area (TPSA) is 12.0 Å². The Labute approximate surface area is 143 Å². The molecule has 1 N–H and O–H groups in total. The van der Waals surface area contributed by atoms with Gasteiger partial charge in [0, 0.05) is 23.4 Å². The van der Waals surface area contributed by atoms with Crippen LogP contribution >= 0.6 is 49.9 Å². The van der Waals surface area contributed by atoms with Gasteiger partial charge in [0.2, 0.25) is 0 Å². The molecule has 106 valence electrons. The predicted molar refractivity (Wildman–Crippen MR) is 100 cm³/mol. The van der Waals surface area contributed by atoms with Crippen molar-refractivity contribution < 1.29 is 0 Å². The molecule has 1 atom stereocenters. The van der Waals surface area contributed by atoms with Gasteiger partial charge in [-0.25, -0.2) is 0 Å². The van der Waals surface area contributed by atoms with Crippen molar-refractivity contribution in [2.75, 3.05) is 7.05 Å². The van der Waals surface area contributed by atoms with Gasteiger partial charge in [0.15, 0.2) is 0 Å². The van der Waals surface area contributed by atoms with Gasteiger partial charge >= 0.3 is 0 Å². The lowest BCUT2D eigenvalue weighted by molar-refractivity contribution is 0.711. The van der Waals surface area contributed by atoms with Crippen LogP contribution < -0.4 is 5.32 Å². The minimum Gasteiger partial charge on any atom is -0.309 e. The molecule has 0 aliphatic heterocycles. The molecule has 1 nitrogen and oxygen atoms in total. The second kappa shape index (κ2) is 5.48. The van der Waals surface area contributed by atoms with Crippen LogP contribution in [0.15, 0.2) is 45.6 Å². The normalized spacial score (nSPS) is 13.2. The Hall–Kier alpha value is -0.720. The van der Waals surface area contributed by atoms with Crippen LogP contribution in [0.2, 0.25) is 0 Å². The predicted octanol–water partition coefficient (Wildman–Crippen LogP) is 6.25. The Balaban J connectivity index is 1.88. The number of benzene rings is 1. The minimum atomic E-state index is 0.262. The zero-order valence-corrected chi connectivity index (χ0v) is 15.3. The summed E-state index contributed by atoms with van der Waals surface area (Å²) in [6.45, 7) is 0. The van der Waals surface area contributed by atoms with Crippen LogP contribution in [0, 0.1) is 0 Å². The first-order valence-corrected chi connectivity index (χ1v) is 9.94. The summed E-state index contributed by atoms with van der Waals surface area (Å²) in [7, 11) is 2.04. The number of rotatable bonds is 3. The van der Waals surface area contributed by atoms with Crippen molar-refractivity contribution >= 4 is 69.4 Å². The fourth-order valence-corrected chi connectivity index (χ4v) is 6.54. The molecule has 0 spiro atoms. The fraction of sp³-hybridized carbons (Fsp3) is 0.125. The van der Waals surface area contributed by atoms with Crippen LogP contribution in [-0.4, -0.2) is 7.05 Å². The van der Waals surface area contributed by atoms with E-state index in [1.807, 2.05) is 41.1 Å². The van der Waals surface area contributed by atoms with Gasteiger partial charge in [0.25, 0.3) is 0 Å². The highest BCUT2D eigenvalue weighted by molar-refractivity contribution is 9.10. The number of nitrogens with one attached hydrogen (secondary N) is 1. The number of hydrogen-bond donors (Lipinski definition) is 1. The molecule has 21 heavy (non-hydrogen) atoms. The summed E-state index contributed by atoms with van der Waals surface area (Å²) in [5.74, 6) is 0. The lowest BCUT2D eigenvalue weighted by Crippen LogP contribution is -2.15. The number of hydrogen-bond acceptors (Lipinski definition) is 4. The number of halogens is 1. The average Bonchev–Trinajstić information content (AvgIpc) is 3.15. The molecule has 0 bridgehead atoms. The van der Waals surface area contributed by atoms with Crippen LogP contribution in [0.25, 0.3) is 19.5 Å². The fourth-order valence-electron chi connectivity index (χ4n) is 2.64. The largest absolute Gasteiger partial charge is 0.309 e. The van der Waals surface area contributed by atoms with Gasteiger partial charge in [-0.1, -0.05) is 12.1 Å². The first-order valence-electron chi connectivity index (χ1n) is 6.57. The molecule has 0 aliphatic carbocycles. The Bertz CT molecular complexity index is 889. The molecule has 5 heteroatoms. The van der Waals surface area contributed by atoms with E-state index in [1.54, 1.807) is 0 Å². The van der Waals surface area contributed by atoms with Gasteiger partial charge in [0.05, 0.1) is 6.04 Å². The maximum Gasteiger partial charge on any atom is 0.0683 e. The standard InChI is InChI=1S/C16H12BrNS3/c1-18-15(14-7-13-12(21-14)5-6-19-13)10-8-20-16-9(10)3-2-4-11(16)17/h2-8,15,18H,1H3. The molecule has 0 amide bonds. The van der Waals surface area contributed by atoms with Crippen LogP contribution in [0.5, 0.6) is 0 Å². The second-order valence-electron chi connectivity index (χ2n) is 4.83. The highest BCUT2D eigenvalue weighted by atomic mass is 79.9. The molecule has 4 rings (SSSR count). The summed E-state index contributed by atoms with van der Waals surface area (Å²) in [4.78, 5) is 1.39. The Morgan fingerprint density at radius 1 is 1.14 bits per heavy atom. The summed E-state index contributed by atoms with van der Waals surface area (Å²) in [6.07, 6.45) is 0. The van der Waals surface area contributed by atoms with Gasteiger partial charge < -0.3 is 5.32 Å². The van der Waals surface area contributed by atoms with Crippen molar-refractivity contribution in [3.63, 3.8) is 0 Å². The zero-order valence-electron chi connectivity index (χ0n) is 11.2. The third kappa shape index (κ3) is 2.28. The molecular formula is C16H12BrNS3. The number of fused-ring (bicyclic) bond motifs is 2. The van der Waals surface area contributed by atoms with E-state index in [1.165, 1.54) is 34.4 Å². The van der Waals surface area contributed by atoms with Crippen LogP contribution in [0.4, 0.5) is 0 Å². The molecule has 1 aromatic carbocycles. The quantitative estimate of drug-likeness (QED) is 0.433. The van der Waals surface area contributed by atoms with Crippen LogP contribution in [-0.2, 0) is 0 Å². The van der Waals surface area contributed by atoms with Gasteiger partial charge in [-0.05, 0) is 62.9 Å². The highest BCUT2D eigenvalue weighted by Gasteiger charge is 2.19. The molecule has 3 heterocycles. The summed E-state index contributed by atoms with van der Waals surface area (Å²) >= 11 is 9.17. The summed E-state index contributed by atoms with van der Waals surface area (Å²) in [5.41, 5.74) is 1.37. The minimum absolute atomic E-state index is 0.262. The second-order valence-corrected chi connectivity index (χ2v) is 8.62. The van der Waals surface area contributed by atoms with Crippen molar-refractivity contribution in [1.82, 2.24) is 5.32 Å². The lowest BCUT2D eigenvalue weighted by atomic mass is 10.0. The molecule has 0 saturated heterocycles. The van der Waals surface area contributed by atoms with E-state index in [0.717, 1.165) is 0 Å². The highest BCUT2D eigenvalue weighted by Crippen LogP contribution is 2.40. The van der Waals surface area contributed by atoms with Gasteiger partial charge in [-0.2, -0.15) is 0 Å². The first-order chi connectivity index (χ1) is 10.3. The third-order valence-electron chi connectivity index (χ3n) is 3.62. The van der Waals surface area contributed by atoms with E-state index in [-0.39, 0.29) is 6.04 Å². The average molecular weight is 394 g/mol. The van der Waals surface area contributed by atoms with Gasteiger partial charge in [0.1, 0.15) is 0 Å². The van der Waals surface area contributed by atoms with E-state index in [4.69, 9.17) is 0 Å². The molecule has 0 fully saturated rings. The van der Waals surface area contributed by atoms with Crippen molar-refractivity contribution in [3.05, 3.63) is 56.0 Å². The molecule has 1 unspecified atom stereocenters. The molecule has 0 saturated carbocycles. The van der Waals surface area contributed by atoms with Crippen molar-refractivity contribution in [3.8, 4) is 0 Å². The summed E-state index contributed by atoms with van der Waals surface area (Å²) in [5, 5.41) is 9.27. The van der Waals surface area contributed by atoms with E-state index in [2.05, 4.69) is 62.3 Å². The Kier molecular flexibility index (Phi) is 3.63. The van der Waals surface area contributed by atoms with Gasteiger partial charge in [-0.3, -0.25) is 0 Å². The van der Waals surface area contributed by atoms with Gasteiger partial charge in [-0.15, -0.1) is 34.0 Å². The van der Waals surface area contributed by atoms with E-state index in [9.17, 15) is 0 Å². The van der Waals surface area contributed by atoms with Crippen molar-refractivity contribution in [2.45, 2.75) is 6.04 Å². The molecule has 0 aliphatic rings. The third-order valence-corrected chi connectivity index (χ3v) is 7.75. The van der Waals surface area contributed by atoms with E-state index < -0.39 is 0 Å². The maximum absolute atomic E-state index is 3.65. The SMILES string of the molecule is CNC(c1cc2sccc2s1)c1csc2c(Br)cccc12. The molecule has 0 radical (unpaired) electrons. The monoisotopic (exact) mass is 393 g/mol. The molecular weight excluding hydrogens is 382 g/mol. The van der Waals surface area contributed by atoms with Crippen molar-refractivity contribution in [2.24, 2.45) is 0 Å². The first kappa shape index (κ1) is 13.9. The Morgan fingerprint density at radius 2 is 2.05 bits per heavy atom. The Morgan fingerprint density at radius 3 is 2.86 bits per heavy atom. The van der Waals surface area contributed by atoms with E-state index in [0.29, 0.717) is 0 Å². The lowest BCUT2D eigenvalue weighted by Gasteiger charge is -2.14. The summed E-state index contributed by atoms with van der Waals surface area (Å²) < 4.78 is 5.27. The van der Waals surface area contributed by atoms with E-state index >= 15 is 0 Å². The van der Waals surface area contributed by atoms with Crippen LogP contribution in [0.1, 0.15) is 16.5 Å². The smallest absolute Gasteiger partial charge is 0.0683 e. The summed E-state index contributed by atoms with van der Waals surface area (Å²) in [6, 6.07) is 11.2. The maximum atomic E-state index is 3.65. The molecule has 4 aromatic rings. The van der Waals surface area contributed by atoms with Crippen molar-refractivity contribution in [1.29, 1.82) is 0 Å². The molecule has 3 aromatic heterocycles.